The van der Waals surface area contributed by atoms with E-state index in [-0.39, 0.29) is 31.1 Å². The van der Waals surface area contributed by atoms with Crippen LogP contribution in [0.5, 0.6) is 0 Å². The van der Waals surface area contributed by atoms with E-state index in [1.165, 1.54) is 250 Å². The lowest BCUT2D eigenvalue weighted by Crippen LogP contribution is -2.30. The SMILES string of the molecule is CC/C=C\C/C=C\C/C=C\C/C=C\CCCCCCCCCCCCCCCCCCC(=O)OCC(COC(=O)CCCCCCCCCCCC)OC(=O)CCCCCCCCCCCCCCCCCCCCCCC. The van der Waals surface area contributed by atoms with E-state index in [2.05, 4.69) is 69.4 Å². The molecular formula is C72H132O6. The summed E-state index contributed by atoms with van der Waals surface area (Å²) in [5.74, 6) is -0.840. The molecule has 0 aromatic heterocycles. The molecule has 6 heteroatoms. The lowest BCUT2D eigenvalue weighted by Gasteiger charge is -2.18. The van der Waals surface area contributed by atoms with E-state index in [1.54, 1.807) is 0 Å². The Labute approximate surface area is 486 Å². The summed E-state index contributed by atoms with van der Waals surface area (Å²) in [5.41, 5.74) is 0. The van der Waals surface area contributed by atoms with Crippen LogP contribution in [0.1, 0.15) is 374 Å². The van der Waals surface area contributed by atoms with Gasteiger partial charge < -0.3 is 14.2 Å². The molecule has 1 atom stereocenters. The molecule has 0 aliphatic rings. The first-order valence-electron chi connectivity index (χ1n) is 34.6. The molecule has 0 saturated heterocycles. The van der Waals surface area contributed by atoms with Crippen LogP contribution in [0, 0.1) is 0 Å². The molecule has 0 bridgehead atoms. The molecule has 0 aromatic rings. The average Bonchev–Trinajstić information content (AvgIpc) is 3.44. The summed E-state index contributed by atoms with van der Waals surface area (Å²) in [6.45, 7) is 6.58. The summed E-state index contributed by atoms with van der Waals surface area (Å²) >= 11 is 0. The van der Waals surface area contributed by atoms with Gasteiger partial charge in [0.2, 0.25) is 0 Å². The number of carbonyl (C=O) groups excluding carboxylic acids is 3. The first-order chi connectivity index (χ1) is 38.5. The molecule has 0 radical (unpaired) electrons. The summed E-state index contributed by atoms with van der Waals surface area (Å²) in [5, 5.41) is 0. The van der Waals surface area contributed by atoms with Crippen molar-refractivity contribution in [2.45, 2.75) is 380 Å². The molecule has 456 valence electrons. The van der Waals surface area contributed by atoms with Crippen LogP contribution in [0.15, 0.2) is 48.6 Å². The van der Waals surface area contributed by atoms with Crippen molar-refractivity contribution in [3.05, 3.63) is 48.6 Å². The second kappa shape index (κ2) is 66.9. The van der Waals surface area contributed by atoms with E-state index in [0.29, 0.717) is 19.3 Å². The molecule has 0 fully saturated rings. The van der Waals surface area contributed by atoms with Crippen LogP contribution >= 0.6 is 0 Å². The quantitative estimate of drug-likeness (QED) is 0.0261. The van der Waals surface area contributed by atoms with E-state index >= 15 is 0 Å². The number of ether oxygens (including phenoxy) is 3. The third-order valence-corrected chi connectivity index (χ3v) is 15.6. The Morgan fingerprint density at radius 2 is 0.500 bits per heavy atom. The minimum atomic E-state index is -0.768. The summed E-state index contributed by atoms with van der Waals surface area (Å²) in [6, 6.07) is 0. The zero-order valence-corrected chi connectivity index (χ0v) is 52.5. The van der Waals surface area contributed by atoms with E-state index in [0.717, 1.165) is 83.5 Å². The van der Waals surface area contributed by atoms with Crippen LogP contribution in [-0.2, 0) is 28.6 Å². The van der Waals surface area contributed by atoms with Crippen molar-refractivity contribution in [3.63, 3.8) is 0 Å². The van der Waals surface area contributed by atoms with Crippen LogP contribution in [0.4, 0.5) is 0 Å². The minimum Gasteiger partial charge on any atom is -0.462 e. The van der Waals surface area contributed by atoms with Crippen molar-refractivity contribution in [2.24, 2.45) is 0 Å². The molecule has 0 rings (SSSR count). The summed E-state index contributed by atoms with van der Waals surface area (Å²) in [6.07, 6.45) is 84.3. The number of rotatable bonds is 64. The van der Waals surface area contributed by atoms with Gasteiger partial charge in [-0.25, -0.2) is 0 Å². The van der Waals surface area contributed by atoms with Crippen molar-refractivity contribution in [2.75, 3.05) is 13.2 Å². The summed E-state index contributed by atoms with van der Waals surface area (Å²) in [4.78, 5) is 38.3. The van der Waals surface area contributed by atoms with Gasteiger partial charge in [0.25, 0.3) is 0 Å². The number of esters is 3. The van der Waals surface area contributed by atoms with Crippen molar-refractivity contribution in [1.29, 1.82) is 0 Å². The van der Waals surface area contributed by atoms with Crippen molar-refractivity contribution in [3.8, 4) is 0 Å². The van der Waals surface area contributed by atoms with Gasteiger partial charge in [-0.2, -0.15) is 0 Å². The number of hydrogen-bond acceptors (Lipinski definition) is 6. The molecule has 0 aliphatic carbocycles. The van der Waals surface area contributed by atoms with Crippen LogP contribution in [0.25, 0.3) is 0 Å². The molecule has 0 spiro atoms. The fourth-order valence-corrected chi connectivity index (χ4v) is 10.4. The smallest absolute Gasteiger partial charge is 0.306 e. The van der Waals surface area contributed by atoms with Gasteiger partial charge in [0, 0.05) is 19.3 Å². The Kier molecular flexibility index (Phi) is 64.6. The molecular weight excluding hydrogens is 961 g/mol. The maximum atomic E-state index is 12.9. The Hall–Kier alpha value is -2.63. The number of carbonyl (C=O) groups is 3. The average molecular weight is 1090 g/mol. The third kappa shape index (κ3) is 64.2. The zero-order chi connectivity index (χ0) is 56.4. The lowest BCUT2D eigenvalue weighted by atomic mass is 10.0. The number of hydrogen-bond donors (Lipinski definition) is 0. The van der Waals surface area contributed by atoms with Crippen LogP contribution < -0.4 is 0 Å². The predicted molar refractivity (Wildman–Crippen MR) is 339 cm³/mol. The van der Waals surface area contributed by atoms with Gasteiger partial charge in [-0.1, -0.05) is 345 Å². The van der Waals surface area contributed by atoms with Gasteiger partial charge in [-0.15, -0.1) is 0 Å². The van der Waals surface area contributed by atoms with Gasteiger partial charge in [0.1, 0.15) is 13.2 Å². The Bertz CT molecular complexity index is 1350. The minimum absolute atomic E-state index is 0.0659. The van der Waals surface area contributed by atoms with E-state index in [1.807, 2.05) is 0 Å². The van der Waals surface area contributed by atoms with Crippen LogP contribution in [0.3, 0.4) is 0 Å². The normalized spacial score (nSPS) is 12.3. The van der Waals surface area contributed by atoms with Gasteiger partial charge >= 0.3 is 17.9 Å². The molecule has 0 heterocycles. The fraction of sp³-hybridized carbons (Fsp3) is 0.847. The van der Waals surface area contributed by atoms with Crippen molar-refractivity contribution >= 4 is 17.9 Å². The van der Waals surface area contributed by atoms with E-state index in [4.69, 9.17) is 14.2 Å². The van der Waals surface area contributed by atoms with Crippen LogP contribution in [-0.4, -0.2) is 37.2 Å². The van der Waals surface area contributed by atoms with E-state index < -0.39 is 6.10 Å². The Morgan fingerprint density at radius 3 is 0.782 bits per heavy atom. The van der Waals surface area contributed by atoms with Crippen LogP contribution in [0.2, 0.25) is 0 Å². The molecule has 0 amide bonds. The Morgan fingerprint density at radius 1 is 0.269 bits per heavy atom. The van der Waals surface area contributed by atoms with Crippen molar-refractivity contribution < 1.29 is 28.6 Å². The molecule has 0 saturated carbocycles. The second-order valence-corrected chi connectivity index (χ2v) is 23.4. The fourth-order valence-electron chi connectivity index (χ4n) is 10.4. The highest BCUT2D eigenvalue weighted by Crippen LogP contribution is 2.18. The highest BCUT2D eigenvalue weighted by molar-refractivity contribution is 5.71. The molecule has 6 nitrogen and oxygen atoms in total. The second-order valence-electron chi connectivity index (χ2n) is 23.4. The predicted octanol–water partition coefficient (Wildman–Crippen LogP) is 23.7. The largest absolute Gasteiger partial charge is 0.462 e. The number of unbranched alkanes of at least 4 members (excludes halogenated alkanes) is 45. The zero-order valence-electron chi connectivity index (χ0n) is 52.5. The van der Waals surface area contributed by atoms with Gasteiger partial charge in [-0.3, -0.25) is 14.4 Å². The highest BCUT2D eigenvalue weighted by atomic mass is 16.6. The first kappa shape index (κ1) is 75.4. The molecule has 0 aromatic carbocycles. The lowest BCUT2D eigenvalue weighted by molar-refractivity contribution is -0.167. The molecule has 0 aliphatic heterocycles. The highest BCUT2D eigenvalue weighted by Gasteiger charge is 2.19. The standard InChI is InChI=1S/C72H132O6/c1-4-7-10-13-16-19-22-24-26-28-30-32-33-34-35-36-37-38-39-41-42-44-46-48-50-53-56-59-62-65-71(74)77-68-69(67-76-70(73)64-61-58-55-52-21-18-15-12-9-6-3)78-72(75)66-63-60-57-54-51-49-47-45-43-40-31-29-27-25-23-20-17-14-11-8-5-2/h7,10,16,19,24,26,30,32,69H,4-6,8-9,11-15,17-18,20-23,25,27-29,31,33-68H2,1-3H3/b10-7-,19-16-,26-24-,32-30-. The monoisotopic (exact) mass is 1090 g/mol. The van der Waals surface area contributed by atoms with E-state index in [9.17, 15) is 14.4 Å². The maximum Gasteiger partial charge on any atom is 0.306 e. The maximum absolute atomic E-state index is 12.9. The molecule has 78 heavy (non-hydrogen) atoms. The van der Waals surface area contributed by atoms with Gasteiger partial charge in [-0.05, 0) is 57.8 Å². The first-order valence-corrected chi connectivity index (χ1v) is 34.6. The molecule has 1 unspecified atom stereocenters. The summed E-state index contributed by atoms with van der Waals surface area (Å²) < 4.78 is 17.0. The molecule has 0 N–H and O–H groups in total. The van der Waals surface area contributed by atoms with Crippen molar-refractivity contribution in [1.82, 2.24) is 0 Å². The van der Waals surface area contributed by atoms with Gasteiger partial charge in [0.15, 0.2) is 6.10 Å². The third-order valence-electron chi connectivity index (χ3n) is 15.6. The van der Waals surface area contributed by atoms with Gasteiger partial charge in [0.05, 0.1) is 0 Å². The Balaban J connectivity index is 4.13. The number of allylic oxidation sites excluding steroid dienone is 8. The topological polar surface area (TPSA) is 78.9 Å². The summed E-state index contributed by atoms with van der Waals surface area (Å²) in [7, 11) is 0.